The predicted molar refractivity (Wildman–Crippen MR) is 68.6 cm³/mol. The first-order valence-electron chi connectivity index (χ1n) is 5.57. The normalized spacial score (nSPS) is 10.9. The molecule has 0 aliphatic heterocycles. The van der Waals surface area contributed by atoms with Crippen LogP contribution >= 0.6 is 11.3 Å². The van der Waals surface area contributed by atoms with E-state index in [9.17, 15) is 0 Å². The molecule has 0 aliphatic rings. The number of rotatable bonds is 8. The number of hydrogen-bond donors (Lipinski definition) is 1. The SMILES string of the molecule is C=CCCOCc1csc(CNC(C)C)n1. The van der Waals surface area contributed by atoms with Gasteiger partial charge in [-0.15, -0.1) is 17.9 Å². The smallest absolute Gasteiger partial charge is 0.107 e. The van der Waals surface area contributed by atoms with Crippen LogP contribution in [0.5, 0.6) is 0 Å². The van der Waals surface area contributed by atoms with Gasteiger partial charge in [0.05, 0.1) is 18.9 Å². The van der Waals surface area contributed by atoms with Crippen LogP contribution in [0.4, 0.5) is 0 Å². The number of ether oxygens (including phenoxy) is 1. The maximum absolute atomic E-state index is 5.45. The molecule has 1 aromatic rings. The molecule has 90 valence electrons. The lowest BCUT2D eigenvalue weighted by atomic mass is 10.4. The van der Waals surface area contributed by atoms with Gasteiger partial charge in [-0.2, -0.15) is 0 Å². The van der Waals surface area contributed by atoms with Gasteiger partial charge < -0.3 is 10.1 Å². The molecule has 0 aliphatic carbocycles. The summed E-state index contributed by atoms with van der Waals surface area (Å²) in [5, 5.41) is 6.53. The Bertz CT molecular complexity index is 310. The topological polar surface area (TPSA) is 34.1 Å². The molecule has 1 N–H and O–H groups in total. The minimum Gasteiger partial charge on any atom is -0.375 e. The Morgan fingerprint density at radius 1 is 1.62 bits per heavy atom. The molecule has 1 aromatic heterocycles. The number of thiazole rings is 1. The second-order valence-corrected chi connectivity index (χ2v) is 4.84. The zero-order chi connectivity index (χ0) is 11.8. The third kappa shape index (κ3) is 5.39. The summed E-state index contributed by atoms with van der Waals surface area (Å²) in [4.78, 5) is 4.49. The van der Waals surface area contributed by atoms with E-state index in [0.717, 1.165) is 30.3 Å². The van der Waals surface area contributed by atoms with Crippen LogP contribution in [0.1, 0.15) is 31.0 Å². The van der Waals surface area contributed by atoms with Gasteiger partial charge in [0.15, 0.2) is 0 Å². The van der Waals surface area contributed by atoms with Crippen molar-refractivity contribution in [3.8, 4) is 0 Å². The van der Waals surface area contributed by atoms with E-state index in [2.05, 4.69) is 36.1 Å². The molecule has 0 saturated heterocycles. The van der Waals surface area contributed by atoms with Crippen molar-refractivity contribution in [1.29, 1.82) is 0 Å². The summed E-state index contributed by atoms with van der Waals surface area (Å²) < 4.78 is 5.45. The van der Waals surface area contributed by atoms with E-state index in [1.54, 1.807) is 11.3 Å². The standard InChI is InChI=1S/C12H20N2OS/c1-4-5-6-15-8-11-9-16-12(14-11)7-13-10(2)3/h4,9-10,13H,1,5-8H2,2-3H3. The summed E-state index contributed by atoms with van der Waals surface area (Å²) in [5.41, 5.74) is 1.02. The van der Waals surface area contributed by atoms with Gasteiger partial charge in [0.2, 0.25) is 0 Å². The van der Waals surface area contributed by atoms with E-state index in [0.29, 0.717) is 12.6 Å². The lowest BCUT2D eigenvalue weighted by Gasteiger charge is -2.04. The Kier molecular flexibility index (Phi) is 6.30. The van der Waals surface area contributed by atoms with E-state index in [4.69, 9.17) is 4.74 Å². The van der Waals surface area contributed by atoms with Crippen molar-refractivity contribution >= 4 is 11.3 Å². The second kappa shape index (κ2) is 7.54. The van der Waals surface area contributed by atoms with Gasteiger partial charge in [-0.25, -0.2) is 4.98 Å². The molecule has 0 saturated carbocycles. The highest BCUT2D eigenvalue weighted by atomic mass is 32.1. The van der Waals surface area contributed by atoms with E-state index < -0.39 is 0 Å². The summed E-state index contributed by atoms with van der Waals surface area (Å²) in [6.07, 6.45) is 2.75. The maximum Gasteiger partial charge on any atom is 0.107 e. The van der Waals surface area contributed by atoms with E-state index in [1.807, 2.05) is 6.08 Å². The van der Waals surface area contributed by atoms with Crippen LogP contribution < -0.4 is 5.32 Å². The Hall–Kier alpha value is -0.710. The number of hydrogen-bond acceptors (Lipinski definition) is 4. The molecular weight excluding hydrogens is 220 g/mol. The van der Waals surface area contributed by atoms with Crippen molar-refractivity contribution in [2.24, 2.45) is 0 Å². The number of aromatic nitrogens is 1. The van der Waals surface area contributed by atoms with Crippen LogP contribution in [0.25, 0.3) is 0 Å². The number of nitrogens with zero attached hydrogens (tertiary/aromatic N) is 1. The van der Waals surface area contributed by atoms with Crippen molar-refractivity contribution < 1.29 is 4.74 Å². The van der Waals surface area contributed by atoms with Crippen molar-refractivity contribution in [2.45, 2.75) is 39.5 Å². The van der Waals surface area contributed by atoms with Crippen LogP contribution in [0.3, 0.4) is 0 Å². The fourth-order valence-electron chi connectivity index (χ4n) is 1.13. The Morgan fingerprint density at radius 2 is 2.44 bits per heavy atom. The minimum atomic E-state index is 0.496. The summed E-state index contributed by atoms with van der Waals surface area (Å²) >= 11 is 1.68. The fourth-order valence-corrected chi connectivity index (χ4v) is 1.86. The molecule has 0 bridgehead atoms. The molecule has 0 unspecified atom stereocenters. The molecule has 0 fully saturated rings. The maximum atomic E-state index is 5.45. The first-order chi connectivity index (χ1) is 7.72. The average molecular weight is 240 g/mol. The highest BCUT2D eigenvalue weighted by Crippen LogP contribution is 2.10. The summed E-state index contributed by atoms with van der Waals surface area (Å²) in [6, 6.07) is 0.496. The monoisotopic (exact) mass is 240 g/mol. The zero-order valence-electron chi connectivity index (χ0n) is 10.0. The molecule has 0 spiro atoms. The molecule has 0 radical (unpaired) electrons. The largest absolute Gasteiger partial charge is 0.375 e. The Balaban J connectivity index is 2.25. The van der Waals surface area contributed by atoms with Gasteiger partial charge in [0.1, 0.15) is 5.01 Å². The van der Waals surface area contributed by atoms with Gasteiger partial charge >= 0.3 is 0 Å². The molecule has 3 nitrogen and oxygen atoms in total. The summed E-state index contributed by atoms with van der Waals surface area (Å²) in [5.74, 6) is 0. The highest BCUT2D eigenvalue weighted by Gasteiger charge is 2.02. The van der Waals surface area contributed by atoms with Crippen molar-refractivity contribution in [3.63, 3.8) is 0 Å². The molecule has 1 heterocycles. The van der Waals surface area contributed by atoms with Crippen LogP contribution in [-0.4, -0.2) is 17.6 Å². The average Bonchev–Trinajstić information content (AvgIpc) is 2.70. The van der Waals surface area contributed by atoms with E-state index in [-0.39, 0.29) is 0 Å². The van der Waals surface area contributed by atoms with Gasteiger partial charge in [-0.1, -0.05) is 19.9 Å². The molecular formula is C12H20N2OS. The minimum absolute atomic E-state index is 0.496. The molecule has 16 heavy (non-hydrogen) atoms. The molecule has 0 aromatic carbocycles. The second-order valence-electron chi connectivity index (χ2n) is 3.90. The Morgan fingerprint density at radius 3 is 3.12 bits per heavy atom. The molecule has 0 atom stereocenters. The van der Waals surface area contributed by atoms with Crippen molar-refractivity contribution in [3.05, 3.63) is 28.7 Å². The fraction of sp³-hybridized carbons (Fsp3) is 0.583. The van der Waals surface area contributed by atoms with Crippen molar-refractivity contribution in [1.82, 2.24) is 10.3 Å². The summed E-state index contributed by atoms with van der Waals surface area (Å²) in [6.45, 7) is 10.1. The molecule has 1 rings (SSSR count). The summed E-state index contributed by atoms with van der Waals surface area (Å²) in [7, 11) is 0. The van der Waals surface area contributed by atoms with Gasteiger partial charge in [0.25, 0.3) is 0 Å². The van der Waals surface area contributed by atoms with Gasteiger partial charge in [-0.05, 0) is 6.42 Å². The quantitative estimate of drug-likeness (QED) is 0.560. The third-order valence-electron chi connectivity index (χ3n) is 1.98. The zero-order valence-corrected chi connectivity index (χ0v) is 10.8. The van der Waals surface area contributed by atoms with Crippen LogP contribution in [0.15, 0.2) is 18.0 Å². The Labute approximate surface area is 102 Å². The molecule has 0 amide bonds. The number of nitrogens with one attached hydrogen (secondary N) is 1. The van der Waals surface area contributed by atoms with Gasteiger partial charge in [-0.3, -0.25) is 0 Å². The van der Waals surface area contributed by atoms with E-state index >= 15 is 0 Å². The predicted octanol–water partition coefficient (Wildman–Crippen LogP) is 2.73. The van der Waals surface area contributed by atoms with Crippen LogP contribution in [0.2, 0.25) is 0 Å². The van der Waals surface area contributed by atoms with E-state index in [1.165, 1.54) is 0 Å². The lowest BCUT2D eigenvalue weighted by molar-refractivity contribution is 0.123. The van der Waals surface area contributed by atoms with Crippen LogP contribution in [-0.2, 0) is 17.9 Å². The highest BCUT2D eigenvalue weighted by molar-refractivity contribution is 7.09. The molecule has 4 heteroatoms. The first-order valence-corrected chi connectivity index (χ1v) is 6.45. The third-order valence-corrected chi connectivity index (χ3v) is 2.87. The van der Waals surface area contributed by atoms with Gasteiger partial charge in [0, 0.05) is 18.0 Å². The first kappa shape index (κ1) is 13.4. The lowest BCUT2D eigenvalue weighted by Crippen LogP contribution is -2.21. The van der Waals surface area contributed by atoms with Crippen molar-refractivity contribution in [2.75, 3.05) is 6.61 Å². The van der Waals surface area contributed by atoms with Crippen LogP contribution in [0, 0.1) is 0 Å².